The second kappa shape index (κ2) is 6.39. The Morgan fingerprint density at radius 3 is 2.17 bits per heavy atom. The SMILES string of the molecule is O=C(O)CCC(=O)OC(C(=O)O)c1ccccc1. The molecule has 96 valence electrons. The maximum absolute atomic E-state index is 11.3. The van der Waals surface area contributed by atoms with Crippen LogP contribution in [0.1, 0.15) is 24.5 Å². The van der Waals surface area contributed by atoms with E-state index in [9.17, 15) is 14.4 Å². The standard InChI is InChI=1S/C12H12O6/c13-9(14)6-7-10(15)18-11(12(16)17)8-4-2-1-3-5-8/h1-5,11H,6-7H2,(H,13,14)(H,16,17). The molecule has 0 aliphatic rings. The summed E-state index contributed by atoms with van der Waals surface area (Å²) in [6, 6.07) is 7.98. The number of hydrogen-bond donors (Lipinski definition) is 2. The number of hydrogen-bond acceptors (Lipinski definition) is 4. The number of carbonyl (C=O) groups is 3. The summed E-state index contributed by atoms with van der Waals surface area (Å²) in [5.41, 5.74) is 0.327. The molecule has 0 bridgehead atoms. The minimum absolute atomic E-state index is 0.327. The number of carboxylic acids is 2. The molecule has 6 heteroatoms. The van der Waals surface area contributed by atoms with E-state index in [0.29, 0.717) is 5.56 Å². The lowest BCUT2D eigenvalue weighted by atomic mass is 10.1. The molecule has 0 saturated heterocycles. The summed E-state index contributed by atoms with van der Waals surface area (Å²) in [4.78, 5) is 32.5. The van der Waals surface area contributed by atoms with E-state index in [0.717, 1.165) is 0 Å². The smallest absolute Gasteiger partial charge is 0.349 e. The molecule has 6 nitrogen and oxygen atoms in total. The van der Waals surface area contributed by atoms with E-state index in [4.69, 9.17) is 14.9 Å². The molecule has 0 radical (unpaired) electrons. The zero-order valence-corrected chi connectivity index (χ0v) is 9.41. The van der Waals surface area contributed by atoms with E-state index in [1.807, 2.05) is 0 Å². The number of carbonyl (C=O) groups excluding carboxylic acids is 1. The lowest BCUT2D eigenvalue weighted by molar-refractivity contribution is -0.165. The van der Waals surface area contributed by atoms with Crippen LogP contribution in [0.15, 0.2) is 30.3 Å². The summed E-state index contributed by atoms with van der Waals surface area (Å²) in [7, 11) is 0. The Morgan fingerprint density at radius 1 is 1.06 bits per heavy atom. The quantitative estimate of drug-likeness (QED) is 0.738. The van der Waals surface area contributed by atoms with Crippen molar-refractivity contribution in [3.05, 3.63) is 35.9 Å². The zero-order chi connectivity index (χ0) is 13.5. The van der Waals surface area contributed by atoms with E-state index < -0.39 is 24.0 Å². The van der Waals surface area contributed by atoms with E-state index in [-0.39, 0.29) is 12.8 Å². The van der Waals surface area contributed by atoms with Gasteiger partial charge in [0.05, 0.1) is 12.8 Å². The predicted molar refractivity (Wildman–Crippen MR) is 59.8 cm³/mol. The van der Waals surface area contributed by atoms with Crippen LogP contribution in [0, 0.1) is 0 Å². The Hall–Kier alpha value is -2.37. The maximum Gasteiger partial charge on any atom is 0.349 e. The fourth-order valence-electron chi connectivity index (χ4n) is 1.29. The number of rotatable bonds is 6. The molecule has 0 heterocycles. The van der Waals surface area contributed by atoms with Crippen molar-refractivity contribution in [3.8, 4) is 0 Å². The van der Waals surface area contributed by atoms with Crippen molar-refractivity contribution >= 4 is 17.9 Å². The molecular formula is C12H12O6. The van der Waals surface area contributed by atoms with Gasteiger partial charge in [-0.05, 0) is 0 Å². The van der Waals surface area contributed by atoms with Gasteiger partial charge in [-0.1, -0.05) is 30.3 Å². The Labute approximate surface area is 103 Å². The van der Waals surface area contributed by atoms with Crippen molar-refractivity contribution < 1.29 is 29.3 Å². The van der Waals surface area contributed by atoms with E-state index >= 15 is 0 Å². The number of ether oxygens (including phenoxy) is 1. The largest absolute Gasteiger partial charge is 0.481 e. The highest BCUT2D eigenvalue weighted by atomic mass is 16.6. The van der Waals surface area contributed by atoms with Gasteiger partial charge in [0.1, 0.15) is 0 Å². The molecule has 0 aliphatic carbocycles. The number of aliphatic carboxylic acids is 2. The highest BCUT2D eigenvalue weighted by molar-refractivity contribution is 5.81. The molecule has 1 aromatic carbocycles. The van der Waals surface area contributed by atoms with Crippen LogP contribution in [0.5, 0.6) is 0 Å². The summed E-state index contributed by atoms with van der Waals surface area (Å²) < 4.78 is 4.75. The third-order valence-corrected chi connectivity index (χ3v) is 2.12. The lowest BCUT2D eigenvalue weighted by Gasteiger charge is -2.13. The van der Waals surface area contributed by atoms with Gasteiger partial charge >= 0.3 is 17.9 Å². The van der Waals surface area contributed by atoms with Gasteiger partial charge < -0.3 is 14.9 Å². The third kappa shape index (κ3) is 4.25. The van der Waals surface area contributed by atoms with Gasteiger partial charge in [-0.15, -0.1) is 0 Å². The highest BCUT2D eigenvalue weighted by Gasteiger charge is 2.24. The van der Waals surface area contributed by atoms with Crippen molar-refractivity contribution in [1.82, 2.24) is 0 Å². The highest BCUT2D eigenvalue weighted by Crippen LogP contribution is 2.18. The first-order valence-corrected chi connectivity index (χ1v) is 5.19. The van der Waals surface area contributed by atoms with Crippen LogP contribution in [0.4, 0.5) is 0 Å². The molecule has 0 aliphatic heterocycles. The van der Waals surface area contributed by atoms with Crippen LogP contribution in [0.3, 0.4) is 0 Å². The Morgan fingerprint density at radius 2 is 1.67 bits per heavy atom. The summed E-state index contributed by atoms with van der Waals surface area (Å²) in [6.07, 6.45) is -2.15. The normalized spacial score (nSPS) is 11.6. The third-order valence-electron chi connectivity index (χ3n) is 2.12. The van der Waals surface area contributed by atoms with Crippen LogP contribution in [0.2, 0.25) is 0 Å². The second-order valence-electron chi connectivity index (χ2n) is 3.51. The van der Waals surface area contributed by atoms with Gasteiger partial charge in [0.2, 0.25) is 6.10 Å². The first-order chi connectivity index (χ1) is 8.50. The van der Waals surface area contributed by atoms with Crippen molar-refractivity contribution in [2.45, 2.75) is 18.9 Å². The van der Waals surface area contributed by atoms with Crippen LogP contribution in [0.25, 0.3) is 0 Å². The van der Waals surface area contributed by atoms with Gasteiger partial charge in [0, 0.05) is 5.56 Å². The minimum Gasteiger partial charge on any atom is -0.481 e. The van der Waals surface area contributed by atoms with Crippen molar-refractivity contribution in [2.24, 2.45) is 0 Å². The molecule has 0 saturated carbocycles. The summed E-state index contributed by atoms with van der Waals surface area (Å²) in [6.45, 7) is 0. The van der Waals surface area contributed by atoms with E-state index in [2.05, 4.69) is 0 Å². The number of carboxylic acid groups (broad SMARTS) is 2. The van der Waals surface area contributed by atoms with E-state index in [1.54, 1.807) is 18.2 Å². The first-order valence-electron chi connectivity index (χ1n) is 5.19. The monoisotopic (exact) mass is 252 g/mol. The molecule has 0 aromatic heterocycles. The molecule has 18 heavy (non-hydrogen) atoms. The van der Waals surface area contributed by atoms with Crippen molar-refractivity contribution in [2.75, 3.05) is 0 Å². The van der Waals surface area contributed by atoms with Crippen LogP contribution < -0.4 is 0 Å². The topological polar surface area (TPSA) is 101 Å². The van der Waals surface area contributed by atoms with Crippen molar-refractivity contribution in [1.29, 1.82) is 0 Å². The van der Waals surface area contributed by atoms with Crippen LogP contribution in [-0.2, 0) is 19.1 Å². The summed E-state index contributed by atoms with van der Waals surface area (Å²) in [5, 5.41) is 17.4. The van der Waals surface area contributed by atoms with Crippen molar-refractivity contribution in [3.63, 3.8) is 0 Å². The Kier molecular flexibility index (Phi) is 4.86. The minimum atomic E-state index is -1.41. The average molecular weight is 252 g/mol. The van der Waals surface area contributed by atoms with Gasteiger partial charge in [0.25, 0.3) is 0 Å². The van der Waals surface area contributed by atoms with E-state index in [1.165, 1.54) is 12.1 Å². The molecule has 1 rings (SSSR count). The molecule has 0 amide bonds. The maximum atomic E-state index is 11.3. The predicted octanol–water partition coefficient (Wildman–Crippen LogP) is 1.22. The number of esters is 1. The Bertz CT molecular complexity index is 439. The zero-order valence-electron chi connectivity index (χ0n) is 9.41. The molecule has 1 unspecified atom stereocenters. The molecule has 1 aromatic rings. The van der Waals surface area contributed by atoms with Crippen LogP contribution >= 0.6 is 0 Å². The lowest BCUT2D eigenvalue weighted by Crippen LogP contribution is -2.19. The number of benzene rings is 1. The van der Waals surface area contributed by atoms with Gasteiger partial charge in [-0.2, -0.15) is 0 Å². The fraction of sp³-hybridized carbons (Fsp3) is 0.250. The molecule has 2 N–H and O–H groups in total. The molecule has 0 spiro atoms. The molecular weight excluding hydrogens is 240 g/mol. The fourth-order valence-corrected chi connectivity index (χ4v) is 1.29. The second-order valence-corrected chi connectivity index (χ2v) is 3.51. The summed E-state index contributed by atoms with van der Waals surface area (Å²) in [5.74, 6) is -3.29. The molecule has 0 fully saturated rings. The van der Waals surface area contributed by atoms with Gasteiger partial charge in [-0.25, -0.2) is 4.79 Å². The average Bonchev–Trinajstić information content (AvgIpc) is 2.34. The van der Waals surface area contributed by atoms with Gasteiger partial charge in [-0.3, -0.25) is 9.59 Å². The first kappa shape index (κ1) is 13.7. The summed E-state index contributed by atoms with van der Waals surface area (Å²) >= 11 is 0. The Balaban J connectivity index is 2.67. The van der Waals surface area contributed by atoms with Crippen LogP contribution in [-0.4, -0.2) is 28.1 Å². The molecule has 1 atom stereocenters. The van der Waals surface area contributed by atoms with Gasteiger partial charge in [0.15, 0.2) is 0 Å².